The molecule has 0 aliphatic rings. The second-order valence-corrected chi connectivity index (χ2v) is 5.69. The largest absolute Gasteiger partial charge is 0.465 e. The summed E-state index contributed by atoms with van der Waals surface area (Å²) >= 11 is 0. The van der Waals surface area contributed by atoms with Crippen LogP contribution in [-0.4, -0.2) is 22.1 Å². The quantitative estimate of drug-likeness (QED) is 0.577. The Bertz CT molecular complexity index is 1060. The van der Waals surface area contributed by atoms with Crippen LogP contribution in [0.5, 0.6) is 0 Å². The number of aromatic amines is 1. The van der Waals surface area contributed by atoms with Gasteiger partial charge in [0.15, 0.2) is 0 Å². The number of rotatable bonds is 4. The van der Waals surface area contributed by atoms with Crippen molar-refractivity contribution in [2.24, 2.45) is 0 Å². The highest BCUT2D eigenvalue weighted by atomic mass is 16.4. The number of benzene rings is 2. The third-order valence-electron chi connectivity index (χ3n) is 4.02. The number of nitrogens with one attached hydrogen (secondary N) is 3. The molecule has 0 saturated carbocycles. The lowest BCUT2D eigenvalue weighted by Crippen LogP contribution is -2.22. The number of pyridine rings is 1. The highest BCUT2D eigenvalue weighted by Crippen LogP contribution is 2.22. The maximum atomic E-state index is 12.5. The molecule has 0 unspecified atom stereocenters. The van der Waals surface area contributed by atoms with Crippen molar-refractivity contribution >= 4 is 34.3 Å². The minimum atomic E-state index is -1.19. The molecular formula is C19H17N3O4. The van der Waals surface area contributed by atoms with Crippen LogP contribution in [0, 0.1) is 0 Å². The van der Waals surface area contributed by atoms with Gasteiger partial charge < -0.3 is 15.4 Å². The highest BCUT2D eigenvalue weighted by Gasteiger charge is 2.14. The zero-order valence-electron chi connectivity index (χ0n) is 14.0. The molecular weight excluding hydrogens is 334 g/mol. The van der Waals surface area contributed by atoms with Crippen molar-refractivity contribution in [2.45, 2.75) is 13.3 Å². The van der Waals surface area contributed by atoms with Gasteiger partial charge in [-0.15, -0.1) is 0 Å². The molecule has 1 heterocycles. The van der Waals surface area contributed by atoms with Crippen LogP contribution in [-0.2, 0) is 6.42 Å². The van der Waals surface area contributed by atoms with E-state index in [-0.39, 0.29) is 11.0 Å². The number of carbonyl (C=O) groups excluding carboxylic acids is 1. The van der Waals surface area contributed by atoms with Crippen molar-refractivity contribution in [1.29, 1.82) is 0 Å². The molecule has 1 aromatic heterocycles. The van der Waals surface area contributed by atoms with E-state index in [2.05, 4.69) is 15.6 Å². The van der Waals surface area contributed by atoms with Gasteiger partial charge in [0.1, 0.15) is 5.56 Å². The average molecular weight is 351 g/mol. The number of hydrogen-bond donors (Lipinski definition) is 4. The Balaban J connectivity index is 1.92. The summed E-state index contributed by atoms with van der Waals surface area (Å²) in [6.07, 6.45) is 0.819. The van der Waals surface area contributed by atoms with Crippen LogP contribution in [0.2, 0.25) is 0 Å². The van der Waals surface area contributed by atoms with E-state index < -0.39 is 12.0 Å². The van der Waals surface area contributed by atoms with Gasteiger partial charge in [0.25, 0.3) is 5.91 Å². The van der Waals surface area contributed by atoms with E-state index in [4.69, 9.17) is 5.11 Å². The number of carboxylic acid groups (broad SMARTS) is 1. The molecule has 2 aromatic carbocycles. The monoisotopic (exact) mass is 351 g/mol. The molecule has 0 spiro atoms. The summed E-state index contributed by atoms with van der Waals surface area (Å²) in [6.45, 7) is 1.90. The normalized spacial score (nSPS) is 10.5. The van der Waals surface area contributed by atoms with Crippen molar-refractivity contribution in [1.82, 2.24) is 4.98 Å². The summed E-state index contributed by atoms with van der Waals surface area (Å²) in [5.41, 5.74) is 1.85. The van der Waals surface area contributed by atoms with Crippen LogP contribution < -0.4 is 16.1 Å². The molecule has 0 radical (unpaired) electrons. The number of para-hydroxylation sites is 1. The van der Waals surface area contributed by atoms with E-state index in [0.717, 1.165) is 5.56 Å². The number of H-pyrrole nitrogens is 1. The predicted molar refractivity (Wildman–Crippen MR) is 100.0 cm³/mol. The van der Waals surface area contributed by atoms with E-state index in [1.165, 1.54) is 12.3 Å². The van der Waals surface area contributed by atoms with Gasteiger partial charge in [0.05, 0.1) is 0 Å². The maximum absolute atomic E-state index is 12.5. The predicted octanol–water partition coefficient (Wildman–Crippen LogP) is 3.43. The van der Waals surface area contributed by atoms with E-state index >= 15 is 0 Å². The molecule has 0 aliphatic heterocycles. The van der Waals surface area contributed by atoms with E-state index in [1.807, 2.05) is 6.92 Å². The zero-order chi connectivity index (χ0) is 18.7. The first-order valence-electron chi connectivity index (χ1n) is 8.04. The van der Waals surface area contributed by atoms with Gasteiger partial charge in [0.2, 0.25) is 5.43 Å². The molecule has 7 heteroatoms. The Morgan fingerprint density at radius 2 is 1.88 bits per heavy atom. The summed E-state index contributed by atoms with van der Waals surface area (Å²) in [7, 11) is 0. The van der Waals surface area contributed by atoms with E-state index in [1.54, 1.807) is 36.4 Å². The maximum Gasteiger partial charge on any atom is 0.409 e. The molecule has 7 nitrogen and oxygen atoms in total. The van der Waals surface area contributed by atoms with Gasteiger partial charge in [-0.2, -0.15) is 0 Å². The summed E-state index contributed by atoms with van der Waals surface area (Å²) < 4.78 is 0. The first kappa shape index (κ1) is 17.2. The molecule has 0 fully saturated rings. The second kappa shape index (κ2) is 7.10. The summed E-state index contributed by atoms with van der Waals surface area (Å²) in [6, 6.07) is 11.9. The fourth-order valence-electron chi connectivity index (χ4n) is 2.73. The van der Waals surface area contributed by atoms with Crippen LogP contribution in [0.1, 0.15) is 22.8 Å². The van der Waals surface area contributed by atoms with Crippen LogP contribution in [0.4, 0.5) is 16.2 Å². The Morgan fingerprint density at radius 3 is 2.62 bits per heavy atom. The topological polar surface area (TPSA) is 111 Å². The van der Waals surface area contributed by atoms with E-state index in [9.17, 15) is 14.4 Å². The number of fused-ring (bicyclic) bond motifs is 1. The number of hydrogen-bond acceptors (Lipinski definition) is 3. The third-order valence-corrected chi connectivity index (χ3v) is 4.02. The Labute approximate surface area is 148 Å². The first-order valence-corrected chi connectivity index (χ1v) is 8.04. The van der Waals surface area contributed by atoms with Gasteiger partial charge in [-0.05, 0) is 36.2 Å². The van der Waals surface area contributed by atoms with Crippen molar-refractivity contribution in [3.8, 4) is 0 Å². The molecule has 0 aliphatic carbocycles. The molecule has 3 aromatic rings. The van der Waals surface area contributed by atoms with Crippen molar-refractivity contribution < 1.29 is 14.7 Å². The molecule has 0 bridgehead atoms. The first-order chi connectivity index (χ1) is 12.5. The average Bonchev–Trinajstić information content (AvgIpc) is 2.62. The van der Waals surface area contributed by atoms with E-state index in [0.29, 0.717) is 28.7 Å². The second-order valence-electron chi connectivity index (χ2n) is 5.69. The van der Waals surface area contributed by atoms with Crippen molar-refractivity contribution in [3.63, 3.8) is 0 Å². The minimum Gasteiger partial charge on any atom is -0.465 e. The summed E-state index contributed by atoms with van der Waals surface area (Å²) in [5.74, 6) is -0.567. The van der Waals surface area contributed by atoms with Gasteiger partial charge in [-0.25, -0.2) is 4.79 Å². The number of carbonyl (C=O) groups is 2. The number of aryl methyl sites for hydroxylation is 1. The Hall–Kier alpha value is -3.61. The smallest absolute Gasteiger partial charge is 0.409 e. The van der Waals surface area contributed by atoms with Gasteiger partial charge in [0, 0.05) is 28.5 Å². The molecule has 3 rings (SSSR count). The number of amides is 2. The summed E-state index contributed by atoms with van der Waals surface area (Å²) in [5, 5.41) is 14.3. The lowest BCUT2D eigenvalue weighted by Gasteiger charge is -2.11. The lowest BCUT2D eigenvalue weighted by atomic mass is 10.1. The lowest BCUT2D eigenvalue weighted by molar-refractivity contribution is 0.102. The molecule has 2 amide bonds. The Morgan fingerprint density at radius 1 is 1.12 bits per heavy atom. The molecule has 0 saturated heterocycles. The van der Waals surface area contributed by atoms with Crippen LogP contribution >= 0.6 is 0 Å². The number of aromatic nitrogens is 1. The summed E-state index contributed by atoms with van der Waals surface area (Å²) in [4.78, 5) is 38.8. The number of anilines is 2. The highest BCUT2D eigenvalue weighted by molar-refractivity contribution is 6.06. The van der Waals surface area contributed by atoms with Crippen LogP contribution in [0.25, 0.3) is 10.9 Å². The fraction of sp³-hybridized carbons (Fsp3) is 0.105. The fourth-order valence-corrected chi connectivity index (χ4v) is 2.73. The molecule has 4 N–H and O–H groups in total. The van der Waals surface area contributed by atoms with Gasteiger partial charge in [-0.1, -0.05) is 25.1 Å². The van der Waals surface area contributed by atoms with Crippen molar-refractivity contribution in [3.05, 3.63) is 70.0 Å². The minimum absolute atomic E-state index is 0.0176. The van der Waals surface area contributed by atoms with Gasteiger partial charge in [-0.3, -0.25) is 14.9 Å². The molecule has 0 atom stereocenters. The van der Waals surface area contributed by atoms with Crippen LogP contribution in [0.3, 0.4) is 0 Å². The SMILES string of the molecule is CCc1ccc(NC(=O)c2c[nH]c3ccccc3c2=O)cc1NC(=O)O. The van der Waals surface area contributed by atoms with Gasteiger partial charge >= 0.3 is 6.09 Å². The third kappa shape index (κ3) is 3.41. The van der Waals surface area contributed by atoms with Crippen molar-refractivity contribution in [2.75, 3.05) is 10.6 Å². The zero-order valence-corrected chi connectivity index (χ0v) is 14.0. The van der Waals surface area contributed by atoms with Crippen LogP contribution in [0.15, 0.2) is 53.5 Å². The Kier molecular flexibility index (Phi) is 4.70. The molecule has 26 heavy (non-hydrogen) atoms. The standard InChI is InChI=1S/C19H17N3O4/c1-2-11-7-8-12(9-16(11)22-19(25)26)21-18(24)14-10-20-15-6-4-3-5-13(15)17(14)23/h3-10,22H,2H2,1H3,(H,20,23)(H,21,24)(H,25,26). The molecule has 132 valence electrons.